The summed E-state index contributed by atoms with van der Waals surface area (Å²) in [6, 6.07) is -0.564. The second kappa shape index (κ2) is 8.45. The number of alkyl halides is 3. The molecule has 6 nitrogen and oxygen atoms in total. The monoisotopic (exact) mass is 383 g/mol. The topological polar surface area (TPSA) is 71.8 Å². The molecule has 2 N–H and O–H groups in total. The molecule has 1 amide bonds. The average Bonchev–Trinajstić information content (AvgIpc) is 3.09. The van der Waals surface area contributed by atoms with Crippen LogP contribution >= 0.6 is 23.7 Å². The maximum Gasteiger partial charge on any atom is 0.434 e. The zero-order valence-electron chi connectivity index (χ0n) is 12.9. The van der Waals surface area contributed by atoms with E-state index < -0.39 is 17.9 Å². The van der Waals surface area contributed by atoms with Crippen molar-refractivity contribution in [3.63, 3.8) is 0 Å². The van der Waals surface area contributed by atoms with Gasteiger partial charge in [0.25, 0.3) is 0 Å². The van der Waals surface area contributed by atoms with E-state index in [1.807, 2.05) is 0 Å². The van der Waals surface area contributed by atoms with Crippen LogP contribution < -0.4 is 10.6 Å². The second-order valence-corrected chi connectivity index (χ2v) is 5.78. The molecular weight excluding hydrogens is 367 g/mol. The zero-order valence-corrected chi connectivity index (χ0v) is 14.6. The van der Waals surface area contributed by atoms with E-state index in [4.69, 9.17) is 0 Å². The van der Waals surface area contributed by atoms with Gasteiger partial charge in [-0.25, -0.2) is 4.98 Å². The molecule has 11 heteroatoms. The molecule has 0 saturated heterocycles. The van der Waals surface area contributed by atoms with Crippen molar-refractivity contribution in [2.45, 2.75) is 18.6 Å². The van der Waals surface area contributed by atoms with E-state index >= 15 is 0 Å². The fraction of sp³-hybridized carbons (Fsp3) is 0.462. The molecule has 134 valence electrons. The minimum Gasteiger partial charge on any atom is -0.354 e. The standard InChI is InChI=1S/C13H16F3N5OS.ClH/c1-17-11(8-5-19-21(2)6-8)12(22)18-4-3-10-20-9(7-23-10)13(14,15)16;/h5-7,11,17H,3-4H2,1-2H3,(H,18,22);1H. The summed E-state index contributed by atoms with van der Waals surface area (Å²) < 4.78 is 38.9. The van der Waals surface area contributed by atoms with Crippen molar-refractivity contribution in [3.05, 3.63) is 34.0 Å². The van der Waals surface area contributed by atoms with Crippen LogP contribution in [0.3, 0.4) is 0 Å². The lowest BCUT2D eigenvalue weighted by molar-refractivity contribution is -0.140. The number of hydrogen-bond donors (Lipinski definition) is 2. The molecule has 0 aliphatic carbocycles. The minimum absolute atomic E-state index is 0. The second-order valence-electron chi connectivity index (χ2n) is 4.83. The Balaban J connectivity index is 0.00000288. The lowest BCUT2D eigenvalue weighted by Crippen LogP contribution is -2.36. The summed E-state index contributed by atoms with van der Waals surface area (Å²) in [7, 11) is 3.39. The first-order valence-corrected chi connectivity index (χ1v) is 7.64. The van der Waals surface area contributed by atoms with Crippen LogP contribution in [0.2, 0.25) is 0 Å². The van der Waals surface area contributed by atoms with Gasteiger partial charge >= 0.3 is 6.18 Å². The van der Waals surface area contributed by atoms with Gasteiger partial charge in [-0.2, -0.15) is 18.3 Å². The molecule has 1 unspecified atom stereocenters. The zero-order chi connectivity index (χ0) is 17.0. The van der Waals surface area contributed by atoms with E-state index in [-0.39, 0.29) is 31.3 Å². The van der Waals surface area contributed by atoms with Gasteiger partial charge in [0.2, 0.25) is 5.91 Å². The molecule has 0 aliphatic rings. The van der Waals surface area contributed by atoms with E-state index in [9.17, 15) is 18.0 Å². The summed E-state index contributed by atoms with van der Waals surface area (Å²) in [5.74, 6) is -0.270. The lowest BCUT2D eigenvalue weighted by atomic mass is 10.1. The van der Waals surface area contributed by atoms with E-state index in [0.29, 0.717) is 10.6 Å². The van der Waals surface area contributed by atoms with Gasteiger partial charge in [-0.15, -0.1) is 23.7 Å². The highest BCUT2D eigenvalue weighted by atomic mass is 35.5. The van der Waals surface area contributed by atoms with Gasteiger partial charge in [-0.05, 0) is 7.05 Å². The summed E-state index contributed by atoms with van der Waals surface area (Å²) in [4.78, 5) is 15.6. The minimum atomic E-state index is -4.43. The molecule has 0 fully saturated rings. The highest BCUT2D eigenvalue weighted by molar-refractivity contribution is 7.09. The van der Waals surface area contributed by atoms with Crippen molar-refractivity contribution in [2.24, 2.45) is 7.05 Å². The highest BCUT2D eigenvalue weighted by Gasteiger charge is 2.33. The number of nitrogens with zero attached hydrogens (tertiary/aromatic N) is 3. The van der Waals surface area contributed by atoms with E-state index in [1.54, 1.807) is 31.2 Å². The van der Waals surface area contributed by atoms with Crippen molar-refractivity contribution in [3.8, 4) is 0 Å². The van der Waals surface area contributed by atoms with Gasteiger partial charge in [0.15, 0.2) is 5.69 Å². The number of amides is 1. The van der Waals surface area contributed by atoms with E-state index in [0.717, 1.165) is 16.7 Å². The van der Waals surface area contributed by atoms with Crippen molar-refractivity contribution in [1.82, 2.24) is 25.4 Å². The summed E-state index contributed by atoms with van der Waals surface area (Å²) in [6.45, 7) is 0.210. The first kappa shape index (κ1) is 20.4. The number of nitrogens with one attached hydrogen (secondary N) is 2. The Labute approximate surface area is 146 Å². The Kier molecular flexibility index (Phi) is 7.18. The molecule has 2 rings (SSSR count). The molecule has 2 aromatic heterocycles. The molecule has 0 spiro atoms. The number of rotatable bonds is 6. The number of carbonyl (C=O) groups is 1. The molecule has 0 aromatic carbocycles. The van der Waals surface area contributed by atoms with Crippen LogP contribution in [0, 0.1) is 0 Å². The Morgan fingerprint density at radius 2 is 2.17 bits per heavy atom. The van der Waals surface area contributed by atoms with E-state index in [1.165, 1.54) is 0 Å². The van der Waals surface area contributed by atoms with Gasteiger partial charge in [0, 0.05) is 37.2 Å². The molecule has 1 atom stereocenters. The van der Waals surface area contributed by atoms with Crippen molar-refractivity contribution in [2.75, 3.05) is 13.6 Å². The summed E-state index contributed by atoms with van der Waals surface area (Å²) in [5, 5.41) is 10.9. The van der Waals surface area contributed by atoms with E-state index in [2.05, 4.69) is 20.7 Å². The maximum absolute atomic E-state index is 12.5. The first-order chi connectivity index (χ1) is 10.8. The van der Waals surface area contributed by atoms with Crippen LogP contribution in [0.15, 0.2) is 17.8 Å². The normalized spacial score (nSPS) is 12.5. The molecule has 0 bridgehead atoms. The molecule has 2 heterocycles. The van der Waals surface area contributed by atoms with Crippen molar-refractivity contribution < 1.29 is 18.0 Å². The van der Waals surface area contributed by atoms with Crippen LogP contribution in [0.4, 0.5) is 13.2 Å². The maximum atomic E-state index is 12.5. The Morgan fingerprint density at radius 1 is 1.46 bits per heavy atom. The largest absolute Gasteiger partial charge is 0.434 e. The summed E-state index contributed by atoms with van der Waals surface area (Å²) in [6.07, 6.45) is -0.889. The number of hydrogen-bond acceptors (Lipinski definition) is 5. The third kappa shape index (κ3) is 5.18. The average molecular weight is 384 g/mol. The van der Waals surface area contributed by atoms with Gasteiger partial charge in [0.1, 0.15) is 6.04 Å². The van der Waals surface area contributed by atoms with Crippen molar-refractivity contribution >= 4 is 29.7 Å². The van der Waals surface area contributed by atoms with Crippen LogP contribution in [0.25, 0.3) is 0 Å². The van der Waals surface area contributed by atoms with Gasteiger partial charge < -0.3 is 10.6 Å². The number of thiazole rings is 1. The number of halogens is 4. The Hall–Kier alpha value is -1.65. The van der Waals surface area contributed by atoms with Crippen molar-refractivity contribution in [1.29, 1.82) is 0 Å². The molecule has 0 aliphatic heterocycles. The fourth-order valence-corrected chi connectivity index (χ4v) is 2.79. The highest BCUT2D eigenvalue weighted by Crippen LogP contribution is 2.30. The number of carbonyl (C=O) groups excluding carboxylic acids is 1. The third-order valence-electron chi connectivity index (χ3n) is 3.09. The molecule has 0 radical (unpaired) electrons. The molecular formula is C13H17ClF3N5OS. The fourth-order valence-electron chi connectivity index (χ4n) is 1.99. The van der Waals surface area contributed by atoms with Crippen LogP contribution in [-0.4, -0.2) is 34.3 Å². The number of aryl methyl sites for hydroxylation is 1. The smallest absolute Gasteiger partial charge is 0.354 e. The molecule has 0 saturated carbocycles. The predicted octanol–water partition coefficient (Wildman–Crippen LogP) is 1.94. The van der Waals surface area contributed by atoms with Gasteiger partial charge in [-0.1, -0.05) is 0 Å². The predicted molar refractivity (Wildman–Crippen MR) is 86.1 cm³/mol. The molecule has 2 aromatic rings. The van der Waals surface area contributed by atoms with Crippen LogP contribution in [0.5, 0.6) is 0 Å². The molecule has 24 heavy (non-hydrogen) atoms. The SMILES string of the molecule is CNC(C(=O)NCCc1nc(C(F)(F)F)cs1)c1cnn(C)c1.Cl. The van der Waals surface area contributed by atoms with Crippen LogP contribution in [0.1, 0.15) is 22.3 Å². The lowest BCUT2D eigenvalue weighted by Gasteiger charge is -2.14. The van der Waals surface area contributed by atoms with Gasteiger partial charge in [-0.3, -0.25) is 9.48 Å². The Bertz CT molecular complexity index is 673. The number of aromatic nitrogens is 3. The first-order valence-electron chi connectivity index (χ1n) is 6.76. The van der Waals surface area contributed by atoms with Crippen LogP contribution in [-0.2, 0) is 24.4 Å². The summed E-state index contributed by atoms with van der Waals surface area (Å²) in [5.41, 5.74) is -0.187. The quantitative estimate of drug-likeness (QED) is 0.799. The summed E-state index contributed by atoms with van der Waals surface area (Å²) >= 11 is 0.931. The van der Waals surface area contributed by atoms with Gasteiger partial charge in [0.05, 0.1) is 11.2 Å². The third-order valence-corrected chi connectivity index (χ3v) is 4.00. The number of likely N-dealkylation sites (N-methyl/N-ethyl adjacent to an activating group) is 1. The Morgan fingerprint density at radius 3 is 2.67 bits per heavy atom.